The maximum Gasteiger partial charge on any atom is 0.253 e. The monoisotopic (exact) mass is 197 g/mol. The Bertz CT molecular complexity index is 335. The quantitative estimate of drug-likeness (QED) is 0.648. The van der Waals surface area contributed by atoms with E-state index in [0.29, 0.717) is 26.3 Å². The van der Waals surface area contributed by atoms with Crippen LogP contribution in [0.1, 0.15) is 5.69 Å². The van der Waals surface area contributed by atoms with Crippen molar-refractivity contribution in [3.8, 4) is 0 Å². The van der Waals surface area contributed by atoms with Gasteiger partial charge in [-0.05, 0) is 6.92 Å². The molecule has 0 aliphatic rings. The van der Waals surface area contributed by atoms with Crippen LogP contribution in [0.15, 0.2) is 17.2 Å². The van der Waals surface area contributed by atoms with Crippen LogP contribution in [0.2, 0.25) is 0 Å². The second-order valence-corrected chi connectivity index (χ2v) is 2.96. The molecule has 78 valence electrons. The Kier molecular flexibility index (Phi) is 4.28. The van der Waals surface area contributed by atoms with Crippen LogP contribution >= 0.6 is 0 Å². The third kappa shape index (κ3) is 3.27. The lowest BCUT2D eigenvalue weighted by atomic mass is 10.4. The minimum atomic E-state index is -0.0474. The van der Waals surface area contributed by atoms with Crippen molar-refractivity contribution in [1.82, 2.24) is 9.55 Å². The van der Waals surface area contributed by atoms with E-state index in [-0.39, 0.29) is 5.56 Å². The van der Waals surface area contributed by atoms with Gasteiger partial charge in [-0.3, -0.25) is 9.36 Å². The summed E-state index contributed by atoms with van der Waals surface area (Å²) in [6, 6.07) is 1.50. The van der Waals surface area contributed by atoms with Crippen molar-refractivity contribution >= 4 is 0 Å². The number of hydrogen-bond donors (Lipinski definition) is 1. The Balaban J connectivity index is 2.47. The summed E-state index contributed by atoms with van der Waals surface area (Å²) in [7, 11) is 0. The van der Waals surface area contributed by atoms with Gasteiger partial charge in [-0.1, -0.05) is 0 Å². The lowest BCUT2D eigenvalue weighted by Gasteiger charge is -2.05. The van der Waals surface area contributed by atoms with Crippen LogP contribution in [-0.2, 0) is 11.3 Å². The number of ether oxygens (including phenoxy) is 1. The Morgan fingerprint density at radius 3 is 3.00 bits per heavy atom. The number of hydrogen-bond acceptors (Lipinski definition) is 4. The molecule has 0 spiro atoms. The first-order valence-corrected chi connectivity index (χ1v) is 4.55. The summed E-state index contributed by atoms with van der Waals surface area (Å²) in [5, 5.41) is 0. The van der Waals surface area contributed by atoms with Crippen molar-refractivity contribution in [3.63, 3.8) is 0 Å². The van der Waals surface area contributed by atoms with Crippen molar-refractivity contribution < 1.29 is 4.74 Å². The van der Waals surface area contributed by atoms with Gasteiger partial charge in [0.05, 0.1) is 26.1 Å². The molecule has 0 amide bonds. The van der Waals surface area contributed by atoms with Gasteiger partial charge in [-0.15, -0.1) is 0 Å². The zero-order valence-corrected chi connectivity index (χ0v) is 8.27. The zero-order chi connectivity index (χ0) is 10.4. The number of nitrogens with two attached hydrogens (primary N) is 1. The van der Waals surface area contributed by atoms with Crippen LogP contribution in [0.25, 0.3) is 0 Å². The summed E-state index contributed by atoms with van der Waals surface area (Å²) in [5.41, 5.74) is 5.94. The standard InChI is InChI=1S/C9H15N3O2/c1-8-6-9(13)12(7-11-8)3-5-14-4-2-10/h6-7H,2-5,10H2,1H3. The Hall–Kier alpha value is -1.20. The van der Waals surface area contributed by atoms with E-state index in [0.717, 1.165) is 5.69 Å². The minimum absolute atomic E-state index is 0.0474. The maximum absolute atomic E-state index is 11.3. The summed E-state index contributed by atoms with van der Waals surface area (Å²) in [6.07, 6.45) is 1.53. The van der Waals surface area contributed by atoms with Gasteiger partial charge in [0.1, 0.15) is 0 Å². The number of aromatic nitrogens is 2. The average molecular weight is 197 g/mol. The van der Waals surface area contributed by atoms with Gasteiger partial charge in [0, 0.05) is 18.3 Å². The number of nitrogens with zero attached hydrogens (tertiary/aromatic N) is 2. The van der Waals surface area contributed by atoms with Crippen molar-refractivity contribution in [3.05, 3.63) is 28.4 Å². The van der Waals surface area contributed by atoms with Crippen molar-refractivity contribution in [2.45, 2.75) is 13.5 Å². The highest BCUT2D eigenvalue weighted by molar-refractivity contribution is 4.95. The minimum Gasteiger partial charge on any atom is -0.378 e. The molecule has 0 aromatic carbocycles. The molecule has 0 fully saturated rings. The van der Waals surface area contributed by atoms with E-state index in [1.54, 1.807) is 6.92 Å². The fourth-order valence-electron chi connectivity index (χ4n) is 1.03. The van der Waals surface area contributed by atoms with E-state index < -0.39 is 0 Å². The Morgan fingerprint density at radius 2 is 2.36 bits per heavy atom. The number of rotatable bonds is 5. The molecule has 5 heteroatoms. The highest BCUT2D eigenvalue weighted by Crippen LogP contribution is 1.85. The fraction of sp³-hybridized carbons (Fsp3) is 0.556. The normalized spacial score (nSPS) is 10.4. The van der Waals surface area contributed by atoms with E-state index in [1.807, 2.05) is 0 Å². The van der Waals surface area contributed by atoms with Crippen molar-refractivity contribution in [2.75, 3.05) is 19.8 Å². The highest BCUT2D eigenvalue weighted by atomic mass is 16.5. The van der Waals surface area contributed by atoms with Crippen LogP contribution in [0.4, 0.5) is 0 Å². The average Bonchev–Trinajstić information content (AvgIpc) is 2.15. The van der Waals surface area contributed by atoms with Gasteiger partial charge in [0.2, 0.25) is 0 Å². The first kappa shape index (κ1) is 10.9. The van der Waals surface area contributed by atoms with Gasteiger partial charge < -0.3 is 10.5 Å². The van der Waals surface area contributed by atoms with Gasteiger partial charge in [-0.2, -0.15) is 0 Å². The highest BCUT2D eigenvalue weighted by Gasteiger charge is 1.96. The molecule has 0 saturated heterocycles. The molecule has 0 aliphatic carbocycles. The van der Waals surface area contributed by atoms with Gasteiger partial charge >= 0.3 is 0 Å². The molecule has 1 aromatic rings. The molecular weight excluding hydrogens is 182 g/mol. The summed E-state index contributed by atoms with van der Waals surface area (Å²) in [6.45, 7) is 3.82. The predicted molar refractivity (Wildman–Crippen MR) is 53.1 cm³/mol. The van der Waals surface area contributed by atoms with Gasteiger partial charge in [0.15, 0.2) is 0 Å². The maximum atomic E-state index is 11.3. The smallest absolute Gasteiger partial charge is 0.253 e. The lowest BCUT2D eigenvalue weighted by Crippen LogP contribution is -2.23. The van der Waals surface area contributed by atoms with E-state index in [1.165, 1.54) is 17.0 Å². The van der Waals surface area contributed by atoms with Crippen LogP contribution in [0.5, 0.6) is 0 Å². The largest absolute Gasteiger partial charge is 0.378 e. The predicted octanol–water partition coefficient (Wildman–Crippen LogP) is -0.473. The van der Waals surface area contributed by atoms with E-state index in [9.17, 15) is 4.79 Å². The Labute approximate surface area is 82.5 Å². The first-order chi connectivity index (χ1) is 6.74. The van der Waals surface area contributed by atoms with E-state index in [4.69, 9.17) is 10.5 Å². The first-order valence-electron chi connectivity index (χ1n) is 4.55. The van der Waals surface area contributed by atoms with Crippen LogP contribution in [0, 0.1) is 6.92 Å². The molecule has 0 unspecified atom stereocenters. The topological polar surface area (TPSA) is 70.1 Å². The molecular formula is C9H15N3O2. The summed E-state index contributed by atoms with van der Waals surface area (Å²) in [4.78, 5) is 15.4. The van der Waals surface area contributed by atoms with Gasteiger partial charge in [-0.25, -0.2) is 4.98 Å². The number of aryl methyl sites for hydroxylation is 1. The molecule has 0 radical (unpaired) electrons. The van der Waals surface area contributed by atoms with Crippen molar-refractivity contribution in [1.29, 1.82) is 0 Å². The summed E-state index contributed by atoms with van der Waals surface area (Å²) < 4.78 is 6.68. The third-order valence-electron chi connectivity index (χ3n) is 1.75. The SMILES string of the molecule is Cc1cc(=O)n(CCOCCN)cn1. The fourth-order valence-corrected chi connectivity index (χ4v) is 1.03. The van der Waals surface area contributed by atoms with Gasteiger partial charge in [0.25, 0.3) is 5.56 Å². The summed E-state index contributed by atoms with van der Waals surface area (Å²) >= 11 is 0. The molecule has 1 rings (SSSR count). The molecule has 2 N–H and O–H groups in total. The molecule has 5 nitrogen and oxygen atoms in total. The van der Waals surface area contributed by atoms with Crippen LogP contribution < -0.4 is 11.3 Å². The van der Waals surface area contributed by atoms with Crippen LogP contribution in [-0.4, -0.2) is 29.3 Å². The van der Waals surface area contributed by atoms with E-state index >= 15 is 0 Å². The molecule has 0 saturated carbocycles. The third-order valence-corrected chi connectivity index (χ3v) is 1.75. The lowest BCUT2D eigenvalue weighted by molar-refractivity contribution is 0.132. The second-order valence-electron chi connectivity index (χ2n) is 2.96. The second kappa shape index (κ2) is 5.51. The Morgan fingerprint density at radius 1 is 1.57 bits per heavy atom. The van der Waals surface area contributed by atoms with Crippen LogP contribution in [0.3, 0.4) is 0 Å². The molecule has 1 heterocycles. The molecule has 14 heavy (non-hydrogen) atoms. The van der Waals surface area contributed by atoms with Crippen molar-refractivity contribution in [2.24, 2.45) is 5.73 Å². The molecule has 1 aromatic heterocycles. The molecule has 0 atom stereocenters. The zero-order valence-electron chi connectivity index (χ0n) is 8.27. The summed E-state index contributed by atoms with van der Waals surface area (Å²) in [5.74, 6) is 0. The molecule has 0 bridgehead atoms. The van der Waals surface area contributed by atoms with E-state index in [2.05, 4.69) is 4.98 Å². The molecule has 0 aliphatic heterocycles.